The first-order valence-electron chi connectivity index (χ1n) is 13.8. The average Bonchev–Trinajstić information content (AvgIpc) is 2.93. The lowest BCUT2D eigenvalue weighted by Gasteiger charge is -2.34. The Labute approximate surface area is 249 Å². The fourth-order valence-electron chi connectivity index (χ4n) is 4.58. The molecule has 0 radical (unpaired) electrons. The molecule has 1 unspecified atom stereocenters. The van der Waals surface area contributed by atoms with E-state index in [1.807, 2.05) is 76.2 Å². The SMILES string of the molecule is CC(C)CNC(=O)C(Cc1ccccc1)N(Cc1ccccc1Cl)C(=O)CN(c1ccccc1C(C)C)S(C)(=O)=O. The maximum absolute atomic E-state index is 14.2. The molecule has 0 aliphatic heterocycles. The quantitative estimate of drug-likeness (QED) is 0.276. The van der Waals surface area contributed by atoms with Gasteiger partial charge < -0.3 is 10.2 Å². The topological polar surface area (TPSA) is 86.8 Å². The first-order chi connectivity index (χ1) is 19.4. The van der Waals surface area contributed by atoms with E-state index in [0.717, 1.165) is 21.7 Å². The molecule has 2 amide bonds. The van der Waals surface area contributed by atoms with Crippen molar-refractivity contribution in [2.75, 3.05) is 23.7 Å². The van der Waals surface area contributed by atoms with Crippen LogP contribution in [0.4, 0.5) is 5.69 Å². The highest BCUT2D eigenvalue weighted by Gasteiger charge is 2.34. The third-order valence-electron chi connectivity index (χ3n) is 6.76. The first-order valence-corrected chi connectivity index (χ1v) is 16.0. The number of hydrogen-bond acceptors (Lipinski definition) is 4. The van der Waals surface area contributed by atoms with Crippen molar-refractivity contribution in [2.45, 2.75) is 52.6 Å². The van der Waals surface area contributed by atoms with Gasteiger partial charge in [-0.05, 0) is 40.7 Å². The first kappa shape index (κ1) is 32.2. The van der Waals surface area contributed by atoms with Crippen molar-refractivity contribution in [2.24, 2.45) is 5.92 Å². The summed E-state index contributed by atoms with van der Waals surface area (Å²) in [5, 5.41) is 3.43. The number of anilines is 1. The standard InChI is InChI=1S/C32H40ClN3O4S/c1-23(2)20-34-32(38)30(19-25-13-7-6-8-14-25)35(21-26-15-9-11-17-28(26)33)31(37)22-36(41(5,39)40)29-18-12-10-16-27(29)24(3)4/h6-18,23-24,30H,19-22H2,1-5H3,(H,34,38). The van der Waals surface area contributed by atoms with Crippen LogP contribution in [0.3, 0.4) is 0 Å². The number of para-hydroxylation sites is 1. The van der Waals surface area contributed by atoms with Crippen LogP contribution in [0.1, 0.15) is 50.3 Å². The minimum atomic E-state index is -3.85. The predicted octanol–water partition coefficient (Wildman–Crippen LogP) is 5.64. The monoisotopic (exact) mass is 597 g/mol. The fourth-order valence-corrected chi connectivity index (χ4v) is 5.65. The van der Waals surface area contributed by atoms with Gasteiger partial charge in [-0.3, -0.25) is 13.9 Å². The van der Waals surface area contributed by atoms with Gasteiger partial charge in [0.05, 0.1) is 11.9 Å². The molecule has 0 spiro atoms. The third kappa shape index (κ3) is 9.07. The molecule has 3 rings (SSSR count). The Bertz CT molecular complexity index is 1430. The van der Waals surface area contributed by atoms with E-state index in [1.54, 1.807) is 30.3 Å². The molecule has 1 atom stereocenters. The van der Waals surface area contributed by atoms with Crippen molar-refractivity contribution in [1.29, 1.82) is 0 Å². The van der Waals surface area contributed by atoms with Crippen molar-refractivity contribution in [3.63, 3.8) is 0 Å². The van der Waals surface area contributed by atoms with Gasteiger partial charge in [-0.2, -0.15) is 0 Å². The minimum absolute atomic E-state index is 0.0254. The van der Waals surface area contributed by atoms with Crippen LogP contribution >= 0.6 is 11.6 Å². The van der Waals surface area contributed by atoms with Crippen molar-refractivity contribution in [1.82, 2.24) is 10.2 Å². The molecule has 0 aliphatic rings. The lowest BCUT2D eigenvalue weighted by molar-refractivity contribution is -0.140. The molecule has 3 aromatic rings. The number of hydrogen-bond donors (Lipinski definition) is 1. The van der Waals surface area contributed by atoms with E-state index >= 15 is 0 Å². The van der Waals surface area contributed by atoms with Gasteiger partial charge in [0.25, 0.3) is 0 Å². The number of nitrogens with one attached hydrogen (secondary N) is 1. The van der Waals surface area contributed by atoms with Gasteiger partial charge >= 0.3 is 0 Å². The lowest BCUT2D eigenvalue weighted by atomic mass is 10.0. The summed E-state index contributed by atoms with van der Waals surface area (Å²) in [7, 11) is -3.85. The summed E-state index contributed by atoms with van der Waals surface area (Å²) in [4.78, 5) is 29.4. The average molecular weight is 598 g/mol. The van der Waals surface area contributed by atoms with Gasteiger partial charge in [-0.25, -0.2) is 8.42 Å². The van der Waals surface area contributed by atoms with Gasteiger partial charge in [-0.15, -0.1) is 0 Å². The van der Waals surface area contributed by atoms with E-state index in [2.05, 4.69) is 5.32 Å². The molecule has 1 N–H and O–H groups in total. The molecule has 0 heterocycles. The zero-order valence-corrected chi connectivity index (χ0v) is 26.0. The molecular weight excluding hydrogens is 558 g/mol. The summed E-state index contributed by atoms with van der Waals surface area (Å²) in [6.45, 7) is 7.95. The number of halogens is 1. The summed E-state index contributed by atoms with van der Waals surface area (Å²) in [6.07, 6.45) is 1.34. The molecule has 0 aliphatic carbocycles. The fraction of sp³-hybridized carbons (Fsp3) is 0.375. The van der Waals surface area contributed by atoms with E-state index in [-0.39, 0.29) is 30.7 Å². The van der Waals surface area contributed by atoms with Crippen LogP contribution in [0.2, 0.25) is 5.02 Å². The maximum Gasteiger partial charge on any atom is 0.244 e. The van der Waals surface area contributed by atoms with Crippen molar-refractivity contribution in [3.05, 3.63) is 101 Å². The number of benzene rings is 3. The van der Waals surface area contributed by atoms with Gasteiger partial charge in [-0.1, -0.05) is 106 Å². The molecule has 9 heteroatoms. The van der Waals surface area contributed by atoms with Crippen LogP contribution in [0.5, 0.6) is 0 Å². The molecular formula is C32H40ClN3O4S. The second kappa shape index (κ2) is 14.5. The Hall–Kier alpha value is -3.36. The second-order valence-corrected chi connectivity index (χ2v) is 13.3. The van der Waals surface area contributed by atoms with E-state index in [1.165, 1.54) is 4.90 Å². The smallest absolute Gasteiger partial charge is 0.244 e. The van der Waals surface area contributed by atoms with Crippen molar-refractivity contribution < 1.29 is 18.0 Å². The number of sulfonamides is 1. The van der Waals surface area contributed by atoms with E-state index in [0.29, 0.717) is 22.8 Å². The summed E-state index contributed by atoms with van der Waals surface area (Å²) in [5.74, 6) is -0.583. The predicted molar refractivity (Wildman–Crippen MR) is 167 cm³/mol. The molecule has 220 valence electrons. The highest BCUT2D eigenvalue weighted by atomic mass is 35.5. The summed E-state index contributed by atoms with van der Waals surface area (Å²) < 4.78 is 27.3. The Kier molecular flexibility index (Phi) is 11.4. The largest absolute Gasteiger partial charge is 0.354 e. The zero-order chi connectivity index (χ0) is 30.2. The molecule has 0 fully saturated rings. The highest BCUT2D eigenvalue weighted by molar-refractivity contribution is 7.92. The molecule has 0 aromatic heterocycles. The molecule has 41 heavy (non-hydrogen) atoms. The third-order valence-corrected chi connectivity index (χ3v) is 8.26. The van der Waals surface area contributed by atoms with Crippen LogP contribution in [0.25, 0.3) is 0 Å². The summed E-state index contributed by atoms with van der Waals surface area (Å²) in [5.41, 5.74) is 2.78. The van der Waals surface area contributed by atoms with E-state index < -0.39 is 28.5 Å². The number of nitrogens with zero attached hydrogens (tertiary/aromatic N) is 2. The van der Waals surface area contributed by atoms with Gasteiger partial charge in [0, 0.05) is 24.5 Å². The summed E-state index contributed by atoms with van der Waals surface area (Å²) in [6, 6.07) is 22.9. The van der Waals surface area contributed by atoms with Gasteiger partial charge in [0.1, 0.15) is 12.6 Å². The Morgan fingerprint density at radius 1 is 0.878 bits per heavy atom. The number of rotatable bonds is 13. The van der Waals surface area contributed by atoms with Gasteiger partial charge in [0.2, 0.25) is 21.8 Å². The van der Waals surface area contributed by atoms with Crippen LogP contribution in [0.15, 0.2) is 78.9 Å². The summed E-state index contributed by atoms with van der Waals surface area (Å²) >= 11 is 6.51. The zero-order valence-electron chi connectivity index (χ0n) is 24.4. The van der Waals surface area contributed by atoms with Gasteiger partial charge in [0.15, 0.2) is 0 Å². The van der Waals surface area contributed by atoms with Crippen LogP contribution < -0.4 is 9.62 Å². The molecule has 0 saturated heterocycles. The highest BCUT2D eigenvalue weighted by Crippen LogP contribution is 2.29. The maximum atomic E-state index is 14.2. The van der Waals surface area contributed by atoms with Crippen LogP contribution in [0, 0.1) is 5.92 Å². The number of carbonyl (C=O) groups is 2. The van der Waals surface area contributed by atoms with Crippen LogP contribution in [-0.2, 0) is 32.6 Å². The second-order valence-electron chi connectivity index (χ2n) is 10.9. The Morgan fingerprint density at radius 3 is 2.10 bits per heavy atom. The molecule has 0 bridgehead atoms. The van der Waals surface area contributed by atoms with Crippen LogP contribution in [-0.4, -0.2) is 50.5 Å². The van der Waals surface area contributed by atoms with E-state index in [9.17, 15) is 18.0 Å². The van der Waals surface area contributed by atoms with E-state index in [4.69, 9.17) is 11.6 Å². The van der Waals surface area contributed by atoms with Crippen molar-refractivity contribution in [3.8, 4) is 0 Å². The Morgan fingerprint density at radius 2 is 1.49 bits per heavy atom. The molecule has 7 nitrogen and oxygen atoms in total. The Balaban J connectivity index is 2.10. The molecule has 3 aromatic carbocycles. The normalized spacial score (nSPS) is 12.3. The lowest BCUT2D eigenvalue weighted by Crippen LogP contribution is -2.53. The molecule has 0 saturated carbocycles. The number of amides is 2. The van der Waals surface area contributed by atoms with Crippen molar-refractivity contribution >= 4 is 39.1 Å². The number of carbonyl (C=O) groups excluding carboxylic acids is 2. The minimum Gasteiger partial charge on any atom is -0.354 e.